The van der Waals surface area contributed by atoms with E-state index in [1.54, 1.807) is 0 Å². The lowest BCUT2D eigenvalue weighted by molar-refractivity contribution is -0.0318. The van der Waals surface area contributed by atoms with Gasteiger partial charge in [0.25, 0.3) is 0 Å². The topological polar surface area (TPSA) is 68.9 Å². The molecule has 1 saturated heterocycles. The smallest absolute Gasteiger partial charge is 0.193 e. The third kappa shape index (κ3) is 6.49. The zero-order valence-corrected chi connectivity index (χ0v) is 15.0. The van der Waals surface area contributed by atoms with Crippen LogP contribution in [0.2, 0.25) is 0 Å². The molecule has 0 aromatic heterocycles. The van der Waals surface area contributed by atoms with Crippen LogP contribution in [-0.4, -0.2) is 38.4 Å². The van der Waals surface area contributed by atoms with Crippen molar-refractivity contribution in [3.63, 3.8) is 0 Å². The number of ether oxygens (including phenoxy) is 2. The van der Waals surface area contributed by atoms with Crippen molar-refractivity contribution < 1.29 is 9.47 Å². The Bertz CT molecular complexity index is 496. The number of hydrogen-bond donors (Lipinski definition) is 2. The molecule has 2 rings (SSSR count). The van der Waals surface area contributed by atoms with E-state index in [-0.39, 0.29) is 0 Å². The van der Waals surface area contributed by atoms with Gasteiger partial charge in [-0.3, -0.25) is 4.99 Å². The lowest BCUT2D eigenvalue weighted by Gasteiger charge is -2.22. The second-order valence-corrected chi connectivity index (χ2v) is 6.36. The average Bonchev–Trinajstić information content (AvgIpc) is 2.62. The van der Waals surface area contributed by atoms with Crippen LogP contribution in [0.15, 0.2) is 29.3 Å². The highest BCUT2D eigenvalue weighted by molar-refractivity contribution is 5.92. The molecule has 1 fully saturated rings. The fourth-order valence-corrected chi connectivity index (χ4v) is 2.67. The van der Waals surface area contributed by atoms with E-state index in [2.05, 4.69) is 48.4 Å². The third-order valence-electron chi connectivity index (χ3n) is 4.47. The Morgan fingerprint density at radius 1 is 1.33 bits per heavy atom. The van der Waals surface area contributed by atoms with Crippen molar-refractivity contribution in [1.82, 2.24) is 0 Å². The Kier molecular flexibility index (Phi) is 8.05. The summed E-state index contributed by atoms with van der Waals surface area (Å²) < 4.78 is 11.1. The van der Waals surface area contributed by atoms with Crippen LogP contribution in [0.25, 0.3) is 0 Å². The first kappa shape index (κ1) is 18.7. The Hall–Kier alpha value is -1.59. The minimum absolute atomic E-state index is 0.349. The number of nitrogens with one attached hydrogen (secondary N) is 1. The summed E-state index contributed by atoms with van der Waals surface area (Å²) in [5.41, 5.74) is 8.26. The summed E-state index contributed by atoms with van der Waals surface area (Å²) in [6.07, 6.45) is 4.38. The van der Waals surface area contributed by atoms with Crippen molar-refractivity contribution in [2.24, 2.45) is 10.7 Å². The van der Waals surface area contributed by atoms with Gasteiger partial charge in [-0.25, -0.2) is 0 Å². The summed E-state index contributed by atoms with van der Waals surface area (Å²) in [5, 5.41) is 3.14. The summed E-state index contributed by atoms with van der Waals surface area (Å²) in [7, 11) is 0. The first-order chi connectivity index (χ1) is 11.7. The number of aliphatic imine (C=N–C) groups is 1. The largest absolute Gasteiger partial charge is 0.381 e. The van der Waals surface area contributed by atoms with Crippen molar-refractivity contribution in [1.29, 1.82) is 0 Å². The maximum absolute atomic E-state index is 5.94. The molecule has 1 atom stereocenters. The van der Waals surface area contributed by atoms with Crippen LogP contribution in [0.5, 0.6) is 0 Å². The Balaban J connectivity index is 1.65. The summed E-state index contributed by atoms with van der Waals surface area (Å²) in [4.78, 5) is 4.35. The lowest BCUT2D eigenvalue weighted by Crippen LogP contribution is -2.24. The summed E-state index contributed by atoms with van der Waals surface area (Å²) in [6.45, 7) is 7.47. The lowest BCUT2D eigenvalue weighted by atomic mass is 9.99. The first-order valence-electron chi connectivity index (χ1n) is 9.05. The van der Waals surface area contributed by atoms with E-state index < -0.39 is 0 Å². The first-order valence-corrected chi connectivity index (χ1v) is 9.05. The number of benzene rings is 1. The highest BCUT2D eigenvalue weighted by atomic mass is 16.5. The van der Waals surface area contributed by atoms with E-state index in [9.17, 15) is 0 Å². The summed E-state index contributed by atoms with van der Waals surface area (Å²) >= 11 is 0. The molecule has 0 radical (unpaired) electrons. The Morgan fingerprint density at radius 2 is 2.04 bits per heavy atom. The minimum atomic E-state index is 0.349. The Labute approximate surface area is 145 Å². The van der Waals surface area contributed by atoms with Gasteiger partial charge in [-0.2, -0.15) is 0 Å². The molecule has 5 nitrogen and oxygen atoms in total. The zero-order chi connectivity index (χ0) is 17.2. The van der Waals surface area contributed by atoms with Crippen molar-refractivity contribution in [3.8, 4) is 0 Å². The Morgan fingerprint density at radius 3 is 2.71 bits per heavy atom. The van der Waals surface area contributed by atoms with E-state index in [0.717, 1.165) is 51.2 Å². The van der Waals surface area contributed by atoms with E-state index in [0.29, 0.717) is 24.5 Å². The van der Waals surface area contributed by atoms with Gasteiger partial charge in [0.05, 0.1) is 6.10 Å². The molecule has 1 aliphatic rings. The predicted molar refractivity (Wildman–Crippen MR) is 99.7 cm³/mol. The molecular formula is C19H31N3O2. The van der Waals surface area contributed by atoms with Gasteiger partial charge in [-0.1, -0.05) is 26.0 Å². The average molecular weight is 333 g/mol. The predicted octanol–water partition coefficient (Wildman–Crippen LogP) is 3.51. The quantitative estimate of drug-likeness (QED) is 0.434. The van der Waals surface area contributed by atoms with E-state index in [4.69, 9.17) is 15.2 Å². The molecule has 0 bridgehead atoms. The van der Waals surface area contributed by atoms with Crippen molar-refractivity contribution in [2.45, 2.75) is 51.6 Å². The molecular weight excluding hydrogens is 302 g/mol. The van der Waals surface area contributed by atoms with Crippen LogP contribution in [-0.2, 0) is 9.47 Å². The molecule has 5 heteroatoms. The van der Waals surface area contributed by atoms with E-state index in [1.807, 2.05) is 0 Å². The molecule has 3 N–H and O–H groups in total. The molecule has 0 amide bonds. The van der Waals surface area contributed by atoms with Crippen LogP contribution in [0, 0.1) is 0 Å². The monoisotopic (exact) mass is 333 g/mol. The number of rotatable bonds is 8. The maximum Gasteiger partial charge on any atom is 0.193 e. The van der Waals surface area contributed by atoms with Crippen molar-refractivity contribution >= 4 is 11.6 Å². The second kappa shape index (κ2) is 10.3. The molecule has 1 aliphatic heterocycles. The molecule has 1 unspecified atom stereocenters. The number of anilines is 1. The molecule has 0 saturated carbocycles. The number of guanidine groups is 1. The van der Waals surface area contributed by atoms with Gasteiger partial charge in [0, 0.05) is 32.1 Å². The highest BCUT2D eigenvalue weighted by Crippen LogP contribution is 2.20. The fourth-order valence-electron chi connectivity index (χ4n) is 2.67. The van der Waals surface area contributed by atoms with Gasteiger partial charge in [-0.15, -0.1) is 0 Å². The van der Waals surface area contributed by atoms with Gasteiger partial charge in [0.1, 0.15) is 0 Å². The molecule has 1 aromatic rings. The van der Waals surface area contributed by atoms with Crippen LogP contribution in [0.3, 0.4) is 0 Å². The summed E-state index contributed by atoms with van der Waals surface area (Å²) in [5.74, 6) is 1.04. The van der Waals surface area contributed by atoms with Crippen LogP contribution in [0.1, 0.15) is 51.0 Å². The van der Waals surface area contributed by atoms with Gasteiger partial charge in [-0.05, 0) is 49.3 Å². The number of hydrogen-bond acceptors (Lipinski definition) is 3. The van der Waals surface area contributed by atoms with Gasteiger partial charge >= 0.3 is 0 Å². The highest BCUT2D eigenvalue weighted by Gasteiger charge is 2.13. The second-order valence-electron chi connectivity index (χ2n) is 6.36. The van der Waals surface area contributed by atoms with Gasteiger partial charge < -0.3 is 20.5 Å². The zero-order valence-electron chi connectivity index (χ0n) is 15.0. The molecule has 1 aromatic carbocycles. The molecule has 134 valence electrons. The van der Waals surface area contributed by atoms with Crippen molar-refractivity contribution in [2.75, 3.05) is 31.7 Å². The van der Waals surface area contributed by atoms with Crippen LogP contribution < -0.4 is 11.1 Å². The molecule has 1 heterocycles. The number of nitrogens with two attached hydrogens (primary N) is 1. The van der Waals surface area contributed by atoms with Crippen LogP contribution >= 0.6 is 0 Å². The van der Waals surface area contributed by atoms with E-state index >= 15 is 0 Å². The van der Waals surface area contributed by atoms with Crippen LogP contribution in [0.4, 0.5) is 5.69 Å². The van der Waals surface area contributed by atoms with Gasteiger partial charge in [0.2, 0.25) is 0 Å². The molecule has 0 aliphatic carbocycles. The van der Waals surface area contributed by atoms with E-state index in [1.165, 1.54) is 5.56 Å². The fraction of sp³-hybridized carbons (Fsp3) is 0.632. The van der Waals surface area contributed by atoms with Crippen molar-refractivity contribution in [3.05, 3.63) is 29.8 Å². The molecule has 24 heavy (non-hydrogen) atoms. The van der Waals surface area contributed by atoms with Gasteiger partial charge in [0.15, 0.2) is 5.96 Å². The maximum atomic E-state index is 5.94. The third-order valence-corrected chi connectivity index (χ3v) is 4.47. The normalized spacial score (nSPS) is 17.7. The SMILES string of the molecule is CCC(C)c1ccc(NC(N)=NCCCOC2CCOCC2)cc1. The standard InChI is InChI=1S/C19H31N3O2/c1-3-15(2)16-5-7-17(8-6-16)22-19(20)21-11-4-12-24-18-9-13-23-14-10-18/h5-8,15,18H,3-4,9-14H2,1-2H3,(H3,20,21,22). The summed E-state index contributed by atoms with van der Waals surface area (Å²) in [6, 6.07) is 8.40. The minimum Gasteiger partial charge on any atom is -0.381 e. The molecule has 0 spiro atoms. The number of nitrogens with zero attached hydrogens (tertiary/aromatic N) is 1.